The lowest BCUT2D eigenvalue weighted by molar-refractivity contribution is -0.133. The molecule has 0 aromatic rings. The summed E-state index contributed by atoms with van der Waals surface area (Å²) in [4.78, 5) is 16.3. The molecule has 0 aromatic heterocycles. The van der Waals surface area contributed by atoms with Crippen LogP contribution in [0, 0.1) is 5.41 Å². The molecule has 0 spiro atoms. The summed E-state index contributed by atoms with van der Waals surface area (Å²) in [5, 5.41) is 0. The van der Waals surface area contributed by atoms with Gasteiger partial charge in [0, 0.05) is 32.6 Å². The van der Waals surface area contributed by atoms with Gasteiger partial charge in [-0.15, -0.1) is 0 Å². The topological polar surface area (TPSA) is 23.6 Å². The number of amides is 1. The zero-order valence-corrected chi connectivity index (χ0v) is 10.3. The highest BCUT2D eigenvalue weighted by Crippen LogP contribution is 2.49. The summed E-state index contributed by atoms with van der Waals surface area (Å²) in [7, 11) is 2.11. The van der Waals surface area contributed by atoms with Crippen LogP contribution >= 0.6 is 12.6 Å². The highest BCUT2D eigenvalue weighted by molar-refractivity contribution is 7.80. The largest absolute Gasteiger partial charge is 0.340 e. The van der Waals surface area contributed by atoms with E-state index in [9.17, 15) is 4.79 Å². The number of thiol groups is 1. The lowest BCUT2D eigenvalue weighted by atomic mass is 10.0. The third-order valence-corrected chi connectivity index (χ3v) is 4.35. The van der Waals surface area contributed by atoms with Crippen molar-refractivity contribution in [1.29, 1.82) is 0 Å². The fourth-order valence-electron chi connectivity index (χ4n) is 2.06. The number of hydrogen-bond donors (Lipinski definition) is 1. The van der Waals surface area contributed by atoms with Crippen LogP contribution in [0.15, 0.2) is 0 Å². The van der Waals surface area contributed by atoms with Gasteiger partial charge in [0.25, 0.3) is 0 Å². The first-order valence-corrected chi connectivity index (χ1v) is 6.36. The molecule has 15 heavy (non-hydrogen) atoms. The van der Waals surface area contributed by atoms with Crippen LogP contribution in [0.2, 0.25) is 0 Å². The molecule has 0 aromatic carbocycles. The van der Waals surface area contributed by atoms with Gasteiger partial charge in [-0.2, -0.15) is 12.6 Å². The molecule has 4 heteroatoms. The zero-order valence-electron chi connectivity index (χ0n) is 9.41. The summed E-state index contributed by atoms with van der Waals surface area (Å²) in [5.74, 6) is 1.21. The predicted octanol–water partition coefficient (Wildman–Crippen LogP) is 0.861. The Balaban J connectivity index is 1.81. The van der Waals surface area contributed by atoms with E-state index in [1.165, 1.54) is 12.8 Å². The molecule has 1 heterocycles. The van der Waals surface area contributed by atoms with E-state index in [1.807, 2.05) is 4.90 Å². The Hall–Kier alpha value is -0.220. The van der Waals surface area contributed by atoms with Crippen LogP contribution in [-0.2, 0) is 4.79 Å². The minimum Gasteiger partial charge on any atom is -0.340 e. The molecule has 2 rings (SSSR count). The van der Waals surface area contributed by atoms with Crippen molar-refractivity contribution in [2.45, 2.75) is 19.3 Å². The van der Waals surface area contributed by atoms with Crippen molar-refractivity contribution in [3.63, 3.8) is 0 Å². The Kier molecular flexibility index (Phi) is 3.26. The standard InChI is InChI=1S/C11H20N2OS/c1-12-4-6-13(7-5-12)10(14)8-11(9-15)2-3-11/h15H,2-9H2,1H3. The van der Waals surface area contributed by atoms with Gasteiger partial charge in [-0.05, 0) is 31.1 Å². The van der Waals surface area contributed by atoms with E-state index in [0.717, 1.165) is 38.4 Å². The summed E-state index contributed by atoms with van der Waals surface area (Å²) in [5.41, 5.74) is 0.267. The quantitative estimate of drug-likeness (QED) is 0.724. The van der Waals surface area contributed by atoms with Crippen molar-refractivity contribution in [2.24, 2.45) is 5.41 Å². The number of rotatable bonds is 3. The molecule has 1 saturated carbocycles. The fourth-order valence-corrected chi connectivity index (χ4v) is 2.48. The Bertz CT molecular complexity index is 245. The van der Waals surface area contributed by atoms with E-state index < -0.39 is 0 Å². The van der Waals surface area contributed by atoms with Crippen molar-refractivity contribution < 1.29 is 4.79 Å². The Labute approximate surface area is 97.2 Å². The molecule has 0 radical (unpaired) electrons. The molecule has 0 unspecified atom stereocenters. The number of piperazine rings is 1. The van der Waals surface area contributed by atoms with Crippen LogP contribution in [0.25, 0.3) is 0 Å². The minimum atomic E-state index is 0.267. The maximum atomic E-state index is 12.0. The van der Waals surface area contributed by atoms with Gasteiger partial charge in [0.1, 0.15) is 0 Å². The van der Waals surface area contributed by atoms with E-state index in [4.69, 9.17) is 0 Å². The Morgan fingerprint density at radius 1 is 1.27 bits per heavy atom. The van der Waals surface area contributed by atoms with E-state index in [0.29, 0.717) is 5.91 Å². The van der Waals surface area contributed by atoms with Crippen LogP contribution in [0.1, 0.15) is 19.3 Å². The molecule has 1 aliphatic heterocycles. The summed E-state index contributed by atoms with van der Waals surface area (Å²) in [6.45, 7) is 3.83. The third-order valence-electron chi connectivity index (χ3n) is 3.67. The highest BCUT2D eigenvalue weighted by Gasteiger charge is 2.43. The third kappa shape index (κ3) is 2.67. The average molecular weight is 228 g/mol. The van der Waals surface area contributed by atoms with E-state index in [2.05, 4.69) is 24.6 Å². The maximum Gasteiger partial charge on any atom is 0.223 e. The van der Waals surface area contributed by atoms with Crippen molar-refractivity contribution >= 4 is 18.5 Å². The zero-order chi connectivity index (χ0) is 10.9. The molecule has 86 valence electrons. The monoisotopic (exact) mass is 228 g/mol. The summed E-state index contributed by atoms with van der Waals surface area (Å²) >= 11 is 4.34. The normalized spacial score (nSPS) is 25.3. The van der Waals surface area contributed by atoms with Crippen molar-refractivity contribution in [3.8, 4) is 0 Å². The SMILES string of the molecule is CN1CCN(C(=O)CC2(CS)CC2)CC1. The van der Waals surface area contributed by atoms with Crippen LogP contribution in [0.5, 0.6) is 0 Å². The van der Waals surface area contributed by atoms with Gasteiger partial charge in [0.05, 0.1) is 0 Å². The van der Waals surface area contributed by atoms with Crippen molar-refractivity contribution in [3.05, 3.63) is 0 Å². The number of likely N-dealkylation sites (N-methyl/N-ethyl adjacent to an activating group) is 1. The molecule has 2 aliphatic rings. The van der Waals surface area contributed by atoms with Gasteiger partial charge < -0.3 is 9.80 Å². The second kappa shape index (κ2) is 4.34. The van der Waals surface area contributed by atoms with Gasteiger partial charge >= 0.3 is 0 Å². The van der Waals surface area contributed by atoms with Gasteiger partial charge in [0.2, 0.25) is 5.91 Å². The molecule has 2 fully saturated rings. The van der Waals surface area contributed by atoms with Crippen LogP contribution in [0.3, 0.4) is 0 Å². The first-order valence-electron chi connectivity index (χ1n) is 5.72. The van der Waals surface area contributed by atoms with Crippen molar-refractivity contribution in [2.75, 3.05) is 39.0 Å². The van der Waals surface area contributed by atoms with E-state index in [1.54, 1.807) is 0 Å². The average Bonchev–Trinajstić information content (AvgIpc) is 2.99. The Morgan fingerprint density at radius 3 is 2.33 bits per heavy atom. The smallest absolute Gasteiger partial charge is 0.223 e. The summed E-state index contributed by atoms with van der Waals surface area (Å²) in [6, 6.07) is 0. The van der Waals surface area contributed by atoms with Crippen molar-refractivity contribution in [1.82, 2.24) is 9.80 Å². The number of hydrogen-bond acceptors (Lipinski definition) is 3. The molecular weight excluding hydrogens is 208 g/mol. The van der Waals surface area contributed by atoms with Crippen LogP contribution in [-0.4, -0.2) is 54.7 Å². The number of nitrogens with zero attached hydrogens (tertiary/aromatic N) is 2. The molecule has 1 aliphatic carbocycles. The first kappa shape index (κ1) is 11.3. The molecule has 3 nitrogen and oxygen atoms in total. The molecule has 1 saturated heterocycles. The van der Waals surface area contributed by atoms with Gasteiger partial charge in [0.15, 0.2) is 0 Å². The lowest BCUT2D eigenvalue weighted by Gasteiger charge is -2.33. The summed E-state index contributed by atoms with van der Waals surface area (Å²) < 4.78 is 0. The van der Waals surface area contributed by atoms with Crippen LogP contribution in [0.4, 0.5) is 0 Å². The Morgan fingerprint density at radius 2 is 1.87 bits per heavy atom. The minimum absolute atomic E-state index is 0.267. The molecule has 0 bridgehead atoms. The summed E-state index contributed by atoms with van der Waals surface area (Å²) in [6.07, 6.45) is 3.10. The van der Waals surface area contributed by atoms with E-state index in [-0.39, 0.29) is 5.41 Å². The number of carbonyl (C=O) groups excluding carboxylic acids is 1. The molecule has 1 amide bonds. The highest BCUT2D eigenvalue weighted by atomic mass is 32.1. The molecule has 0 atom stereocenters. The number of carbonyl (C=O) groups is 1. The first-order chi connectivity index (χ1) is 7.15. The second-order valence-electron chi connectivity index (χ2n) is 5.02. The van der Waals surface area contributed by atoms with E-state index >= 15 is 0 Å². The van der Waals surface area contributed by atoms with Gasteiger partial charge in [-0.3, -0.25) is 4.79 Å². The van der Waals surface area contributed by atoms with Gasteiger partial charge in [-0.25, -0.2) is 0 Å². The lowest BCUT2D eigenvalue weighted by Crippen LogP contribution is -2.47. The molecule has 0 N–H and O–H groups in total. The second-order valence-corrected chi connectivity index (χ2v) is 5.34. The fraction of sp³-hybridized carbons (Fsp3) is 0.909. The maximum absolute atomic E-state index is 12.0. The van der Waals surface area contributed by atoms with Crippen LogP contribution < -0.4 is 0 Å². The predicted molar refractivity (Wildman–Crippen MR) is 64.2 cm³/mol. The van der Waals surface area contributed by atoms with Gasteiger partial charge in [-0.1, -0.05) is 0 Å². The molecular formula is C11H20N2OS.